The van der Waals surface area contributed by atoms with Crippen molar-refractivity contribution >= 4 is 40.5 Å². The van der Waals surface area contributed by atoms with E-state index in [1.165, 1.54) is 0 Å². The van der Waals surface area contributed by atoms with Crippen molar-refractivity contribution in [3.8, 4) is 11.5 Å². The lowest BCUT2D eigenvalue weighted by Crippen LogP contribution is -2.48. The molecule has 1 amide bonds. The van der Waals surface area contributed by atoms with Gasteiger partial charge in [0.2, 0.25) is 11.7 Å². The number of rotatable bonds is 11. The summed E-state index contributed by atoms with van der Waals surface area (Å²) in [6.07, 6.45) is 4.96. The van der Waals surface area contributed by atoms with Crippen LogP contribution in [0.15, 0.2) is 85.5 Å². The highest BCUT2D eigenvalue weighted by atomic mass is 35.5. The van der Waals surface area contributed by atoms with E-state index in [0.717, 1.165) is 37.6 Å². The molecule has 0 bridgehead atoms. The number of para-hydroxylation sites is 2. The Hall–Kier alpha value is -3.80. The van der Waals surface area contributed by atoms with E-state index in [2.05, 4.69) is 32.2 Å². The summed E-state index contributed by atoms with van der Waals surface area (Å²) in [6, 6.07) is 20.8. The number of ether oxygens (including phenoxy) is 4. The minimum Gasteiger partial charge on any atom is -0.495 e. The summed E-state index contributed by atoms with van der Waals surface area (Å²) in [5, 5.41) is 3.96. The molecular weight excluding hydrogens is 617 g/mol. The number of halogens is 2. The van der Waals surface area contributed by atoms with Gasteiger partial charge in [-0.05, 0) is 48.5 Å². The van der Waals surface area contributed by atoms with Crippen molar-refractivity contribution in [1.29, 1.82) is 0 Å². The van der Waals surface area contributed by atoms with E-state index in [0.29, 0.717) is 53.3 Å². The van der Waals surface area contributed by atoms with Crippen molar-refractivity contribution < 1.29 is 23.7 Å². The Bertz CT molecular complexity index is 1580. The molecule has 0 aliphatic carbocycles. The molecule has 12 heteroatoms. The minimum absolute atomic E-state index is 0.0543. The summed E-state index contributed by atoms with van der Waals surface area (Å²) >= 11 is 12.7. The SMILES string of the molecule is COc1ccccc1NC(=O)CN1CCN(c2ccc(OCC3COC(Cn4ccnc4)(c4ccc(Cl)cc4Cl)O3)cc2)CC1. The molecule has 2 aliphatic rings. The Morgan fingerprint density at radius 3 is 2.60 bits per heavy atom. The second-order valence-electron chi connectivity index (χ2n) is 11.0. The van der Waals surface area contributed by atoms with E-state index in [1.54, 1.807) is 31.8 Å². The van der Waals surface area contributed by atoms with Gasteiger partial charge in [-0.25, -0.2) is 4.98 Å². The quantitative estimate of drug-likeness (QED) is 0.234. The zero-order valence-corrected chi connectivity index (χ0v) is 26.4. The van der Waals surface area contributed by atoms with Crippen LogP contribution < -0.4 is 19.7 Å². The summed E-state index contributed by atoms with van der Waals surface area (Å²) in [4.78, 5) is 21.2. The highest BCUT2D eigenvalue weighted by Gasteiger charge is 2.45. The molecular formula is C33H35Cl2N5O5. The molecule has 10 nitrogen and oxygen atoms in total. The third-order valence-electron chi connectivity index (χ3n) is 7.91. The first-order chi connectivity index (χ1) is 21.9. The number of anilines is 2. The summed E-state index contributed by atoms with van der Waals surface area (Å²) in [7, 11) is 1.59. The van der Waals surface area contributed by atoms with Gasteiger partial charge in [0.05, 0.1) is 43.8 Å². The van der Waals surface area contributed by atoms with Crippen LogP contribution in [0.1, 0.15) is 5.56 Å². The average molecular weight is 653 g/mol. The number of nitrogens with zero attached hydrogens (tertiary/aromatic N) is 4. The number of piperazine rings is 1. The van der Waals surface area contributed by atoms with Crippen LogP contribution in [0.2, 0.25) is 10.0 Å². The predicted molar refractivity (Wildman–Crippen MR) is 173 cm³/mol. The van der Waals surface area contributed by atoms with E-state index in [4.69, 9.17) is 42.1 Å². The van der Waals surface area contributed by atoms with Crippen molar-refractivity contribution in [3.05, 3.63) is 101 Å². The lowest BCUT2D eigenvalue weighted by molar-refractivity contribution is -0.189. The molecule has 1 aromatic heterocycles. The first-order valence-electron chi connectivity index (χ1n) is 14.8. The third-order valence-corrected chi connectivity index (χ3v) is 8.46. The second kappa shape index (κ2) is 14.1. The number of amides is 1. The average Bonchev–Trinajstić information content (AvgIpc) is 3.71. The normalized spacial score (nSPS) is 20.2. The monoisotopic (exact) mass is 651 g/mol. The summed E-state index contributed by atoms with van der Waals surface area (Å²) < 4.78 is 26.1. The molecule has 0 saturated carbocycles. The maximum absolute atomic E-state index is 12.6. The lowest BCUT2D eigenvalue weighted by atomic mass is 10.1. The van der Waals surface area contributed by atoms with Crippen molar-refractivity contribution in [1.82, 2.24) is 14.5 Å². The zero-order chi connectivity index (χ0) is 31.2. The van der Waals surface area contributed by atoms with Crippen LogP contribution in [0.4, 0.5) is 11.4 Å². The number of imidazole rings is 1. The van der Waals surface area contributed by atoms with Gasteiger partial charge >= 0.3 is 0 Å². The fourth-order valence-corrected chi connectivity index (χ4v) is 6.18. The van der Waals surface area contributed by atoms with Crippen molar-refractivity contribution in [2.45, 2.75) is 18.4 Å². The molecule has 2 saturated heterocycles. The fourth-order valence-electron chi connectivity index (χ4n) is 5.62. The van der Waals surface area contributed by atoms with Gasteiger partial charge in [-0.1, -0.05) is 41.4 Å². The maximum atomic E-state index is 12.6. The number of hydrogen-bond acceptors (Lipinski definition) is 8. The summed E-state index contributed by atoms with van der Waals surface area (Å²) in [5.74, 6) is 0.234. The molecule has 45 heavy (non-hydrogen) atoms. The molecule has 2 aliphatic heterocycles. The molecule has 1 N–H and O–H groups in total. The number of hydrogen-bond donors (Lipinski definition) is 1. The Morgan fingerprint density at radius 2 is 1.87 bits per heavy atom. The van der Waals surface area contributed by atoms with E-state index < -0.39 is 5.79 Å². The zero-order valence-electron chi connectivity index (χ0n) is 24.9. The van der Waals surface area contributed by atoms with E-state index in [1.807, 2.05) is 53.2 Å². The fraction of sp³-hybridized carbons (Fsp3) is 0.333. The van der Waals surface area contributed by atoms with Crippen LogP contribution in [-0.2, 0) is 26.6 Å². The number of carbonyl (C=O) groups excluding carboxylic acids is 1. The third kappa shape index (κ3) is 7.54. The molecule has 6 rings (SSSR count). The Labute approximate surface area is 272 Å². The molecule has 2 atom stereocenters. The van der Waals surface area contributed by atoms with Crippen molar-refractivity contribution in [2.24, 2.45) is 0 Å². The largest absolute Gasteiger partial charge is 0.495 e. The molecule has 3 heterocycles. The number of methoxy groups -OCH3 is 1. The standard InChI is InChI=1S/C33H35Cl2N5O5/c1-42-31-5-3-2-4-30(31)37-32(41)19-38-14-16-40(17-15-38)25-7-9-26(10-8-25)43-20-27-21-44-33(45-27,22-39-13-12-36-23-39)28-11-6-24(34)18-29(28)35/h2-13,18,23,27H,14-17,19-22H2,1H3,(H,37,41). The number of nitrogens with one attached hydrogen (secondary N) is 1. The van der Waals surface area contributed by atoms with Crippen LogP contribution in [0.5, 0.6) is 11.5 Å². The Balaban J connectivity index is 0.994. The van der Waals surface area contributed by atoms with Gasteiger partial charge in [0.1, 0.15) is 24.2 Å². The molecule has 3 aromatic carbocycles. The first-order valence-corrected chi connectivity index (χ1v) is 15.5. The minimum atomic E-state index is -1.10. The topological polar surface area (TPSA) is 90.3 Å². The molecule has 0 spiro atoms. The summed E-state index contributed by atoms with van der Waals surface area (Å²) in [5.41, 5.74) is 2.49. The van der Waals surface area contributed by atoms with Gasteiger partial charge in [0.25, 0.3) is 0 Å². The first kappa shape index (κ1) is 31.2. The number of carbonyl (C=O) groups is 1. The summed E-state index contributed by atoms with van der Waals surface area (Å²) in [6.45, 7) is 4.57. The number of aromatic nitrogens is 2. The van der Waals surface area contributed by atoms with Crippen LogP contribution in [-0.4, -0.2) is 79.5 Å². The van der Waals surface area contributed by atoms with Gasteiger partial charge in [-0.15, -0.1) is 0 Å². The van der Waals surface area contributed by atoms with Gasteiger partial charge in [0.15, 0.2) is 0 Å². The molecule has 4 aromatic rings. The van der Waals surface area contributed by atoms with Gasteiger partial charge in [-0.3, -0.25) is 9.69 Å². The van der Waals surface area contributed by atoms with E-state index >= 15 is 0 Å². The van der Waals surface area contributed by atoms with Crippen LogP contribution in [0.25, 0.3) is 0 Å². The lowest BCUT2D eigenvalue weighted by Gasteiger charge is -2.35. The molecule has 0 radical (unpaired) electrons. The van der Waals surface area contributed by atoms with E-state index in [-0.39, 0.29) is 12.0 Å². The molecule has 236 valence electrons. The van der Waals surface area contributed by atoms with Crippen LogP contribution in [0, 0.1) is 0 Å². The van der Waals surface area contributed by atoms with Crippen molar-refractivity contribution in [2.75, 3.05) is 63.3 Å². The van der Waals surface area contributed by atoms with Gasteiger partial charge < -0.3 is 33.7 Å². The molecule has 2 unspecified atom stereocenters. The maximum Gasteiger partial charge on any atom is 0.238 e. The Morgan fingerprint density at radius 1 is 1.07 bits per heavy atom. The molecule has 2 fully saturated rings. The van der Waals surface area contributed by atoms with E-state index in [9.17, 15) is 4.79 Å². The van der Waals surface area contributed by atoms with Crippen molar-refractivity contribution in [3.63, 3.8) is 0 Å². The highest BCUT2D eigenvalue weighted by molar-refractivity contribution is 6.35. The number of benzene rings is 3. The predicted octanol–water partition coefficient (Wildman–Crippen LogP) is 5.31. The van der Waals surface area contributed by atoms with Gasteiger partial charge in [-0.2, -0.15) is 0 Å². The second-order valence-corrected chi connectivity index (χ2v) is 11.8. The van der Waals surface area contributed by atoms with Gasteiger partial charge in [0, 0.05) is 54.8 Å². The Kier molecular flexibility index (Phi) is 9.77. The highest BCUT2D eigenvalue weighted by Crippen LogP contribution is 2.40. The smallest absolute Gasteiger partial charge is 0.238 e. The van der Waals surface area contributed by atoms with Crippen LogP contribution >= 0.6 is 23.2 Å². The van der Waals surface area contributed by atoms with Crippen LogP contribution in [0.3, 0.4) is 0 Å².